The Bertz CT molecular complexity index is 711. The largest absolute Gasteiger partial charge is 0.416 e. The number of amides is 1. The summed E-state index contributed by atoms with van der Waals surface area (Å²) in [7, 11) is -2.90. The Kier molecular flexibility index (Phi) is 5.72. The molecule has 2 aliphatic rings. The zero-order valence-electron chi connectivity index (χ0n) is 14.7. The quantitative estimate of drug-likeness (QED) is 0.711. The summed E-state index contributed by atoms with van der Waals surface area (Å²) in [4.78, 5) is 14.4. The van der Waals surface area contributed by atoms with Crippen LogP contribution in [0.1, 0.15) is 39.0 Å². The molecule has 2 fully saturated rings. The van der Waals surface area contributed by atoms with Crippen LogP contribution in [0.2, 0.25) is 0 Å². The second-order valence-electron chi connectivity index (χ2n) is 7.20. The van der Waals surface area contributed by atoms with Gasteiger partial charge < -0.3 is 9.32 Å². The monoisotopic (exact) mass is 387 g/mol. The maximum absolute atomic E-state index is 12.5. The fourth-order valence-electron chi connectivity index (χ4n) is 3.34. The summed E-state index contributed by atoms with van der Waals surface area (Å²) in [6.45, 7) is 5.71. The normalized spacial score (nSPS) is 25.2. The van der Waals surface area contributed by atoms with E-state index in [1.807, 2.05) is 11.8 Å². The van der Waals surface area contributed by atoms with E-state index in [1.165, 1.54) is 11.8 Å². The number of likely N-dealkylation sites (tertiary alicyclic amines) is 1. The van der Waals surface area contributed by atoms with Crippen LogP contribution in [0.25, 0.3) is 0 Å². The van der Waals surface area contributed by atoms with Gasteiger partial charge in [0.2, 0.25) is 11.8 Å². The molecule has 1 amide bonds. The summed E-state index contributed by atoms with van der Waals surface area (Å²) in [6.07, 6.45) is 3.24. The van der Waals surface area contributed by atoms with Crippen LogP contribution in [0.5, 0.6) is 0 Å². The number of carbonyl (C=O) groups is 1. The molecule has 140 valence electrons. The van der Waals surface area contributed by atoms with Crippen molar-refractivity contribution in [1.29, 1.82) is 0 Å². The maximum Gasteiger partial charge on any atom is 0.277 e. The third-order valence-corrected chi connectivity index (χ3v) is 7.72. The molecule has 9 heteroatoms. The van der Waals surface area contributed by atoms with Gasteiger partial charge in [-0.05, 0) is 38.0 Å². The molecule has 0 spiro atoms. The van der Waals surface area contributed by atoms with Crippen molar-refractivity contribution in [2.75, 3.05) is 24.6 Å². The van der Waals surface area contributed by atoms with Gasteiger partial charge in [-0.15, -0.1) is 10.2 Å². The fraction of sp³-hybridized carbons (Fsp3) is 0.812. The van der Waals surface area contributed by atoms with Crippen LogP contribution in [0.4, 0.5) is 0 Å². The van der Waals surface area contributed by atoms with Crippen molar-refractivity contribution in [3.63, 3.8) is 0 Å². The zero-order valence-corrected chi connectivity index (χ0v) is 16.3. The van der Waals surface area contributed by atoms with E-state index >= 15 is 0 Å². The SMILES string of the molecule is CC1CCN(C(=O)C(C)Sc2nnc(CC3CCS(=O)(=O)C3)o2)CC1. The first-order valence-electron chi connectivity index (χ1n) is 8.80. The summed E-state index contributed by atoms with van der Waals surface area (Å²) < 4.78 is 28.6. The highest BCUT2D eigenvalue weighted by atomic mass is 32.2. The van der Waals surface area contributed by atoms with E-state index in [1.54, 1.807) is 0 Å². The van der Waals surface area contributed by atoms with Crippen molar-refractivity contribution in [3.8, 4) is 0 Å². The Balaban J connectivity index is 1.51. The molecular formula is C16H25N3O4S2. The molecule has 25 heavy (non-hydrogen) atoms. The molecule has 2 aliphatic heterocycles. The molecule has 3 heterocycles. The maximum atomic E-state index is 12.5. The Morgan fingerprint density at radius 1 is 1.32 bits per heavy atom. The van der Waals surface area contributed by atoms with Gasteiger partial charge in [0.15, 0.2) is 9.84 Å². The third-order valence-electron chi connectivity index (χ3n) is 4.96. The highest BCUT2D eigenvalue weighted by Crippen LogP contribution is 2.27. The van der Waals surface area contributed by atoms with Crippen LogP contribution in [-0.4, -0.2) is 59.3 Å². The first-order valence-corrected chi connectivity index (χ1v) is 11.5. The van der Waals surface area contributed by atoms with Crippen LogP contribution in [0, 0.1) is 11.8 Å². The Morgan fingerprint density at radius 3 is 2.68 bits per heavy atom. The Morgan fingerprint density at radius 2 is 2.04 bits per heavy atom. The van der Waals surface area contributed by atoms with Gasteiger partial charge in [0.1, 0.15) is 0 Å². The van der Waals surface area contributed by atoms with Gasteiger partial charge in [-0.3, -0.25) is 4.79 Å². The second-order valence-corrected chi connectivity index (χ2v) is 10.7. The highest BCUT2D eigenvalue weighted by molar-refractivity contribution is 8.00. The van der Waals surface area contributed by atoms with E-state index in [-0.39, 0.29) is 28.6 Å². The fourth-order valence-corrected chi connectivity index (χ4v) is 5.98. The van der Waals surface area contributed by atoms with E-state index in [9.17, 15) is 13.2 Å². The van der Waals surface area contributed by atoms with Crippen LogP contribution < -0.4 is 0 Å². The van der Waals surface area contributed by atoms with E-state index < -0.39 is 9.84 Å². The molecular weight excluding hydrogens is 362 g/mol. The minimum Gasteiger partial charge on any atom is -0.416 e. The van der Waals surface area contributed by atoms with Crippen LogP contribution in [0.15, 0.2) is 9.64 Å². The summed E-state index contributed by atoms with van der Waals surface area (Å²) >= 11 is 1.27. The number of aromatic nitrogens is 2. The van der Waals surface area contributed by atoms with E-state index in [0.717, 1.165) is 25.9 Å². The smallest absolute Gasteiger partial charge is 0.277 e. The van der Waals surface area contributed by atoms with Crippen molar-refractivity contribution in [2.45, 2.75) is 50.0 Å². The lowest BCUT2D eigenvalue weighted by molar-refractivity contribution is -0.131. The molecule has 0 radical (unpaired) electrons. The van der Waals surface area contributed by atoms with Gasteiger partial charge >= 0.3 is 0 Å². The number of carbonyl (C=O) groups excluding carboxylic acids is 1. The van der Waals surface area contributed by atoms with Gasteiger partial charge in [0.25, 0.3) is 5.22 Å². The predicted molar refractivity (Wildman–Crippen MR) is 95.1 cm³/mol. The number of sulfone groups is 1. The van der Waals surface area contributed by atoms with Crippen molar-refractivity contribution in [2.24, 2.45) is 11.8 Å². The Hall–Kier alpha value is -1.09. The molecule has 0 aromatic carbocycles. The molecule has 2 atom stereocenters. The average Bonchev–Trinajstić information content (AvgIpc) is 3.13. The average molecular weight is 388 g/mol. The van der Waals surface area contributed by atoms with Crippen LogP contribution in [-0.2, 0) is 21.1 Å². The van der Waals surface area contributed by atoms with Gasteiger partial charge in [0.05, 0.1) is 16.8 Å². The van der Waals surface area contributed by atoms with E-state index in [0.29, 0.717) is 29.9 Å². The number of piperidine rings is 1. The predicted octanol–water partition coefficient (Wildman–Crippen LogP) is 1.79. The topological polar surface area (TPSA) is 93.4 Å². The van der Waals surface area contributed by atoms with E-state index in [4.69, 9.17) is 4.42 Å². The van der Waals surface area contributed by atoms with Crippen molar-refractivity contribution >= 4 is 27.5 Å². The number of hydrogen-bond donors (Lipinski definition) is 0. The second kappa shape index (κ2) is 7.65. The molecule has 3 rings (SSSR count). The number of rotatable bonds is 5. The highest BCUT2D eigenvalue weighted by Gasteiger charge is 2.30. The molecule has 1 aromatic heterocycles. The van der Waals surface area contributed by atoms with Crippen molar-refractivity contribution in [1.82, 2.24) is 15.1 Å². The van der Waals surface area contributed by atoms with Crippen LogP contribution >= 0.6 is 11.8 Å². The third kappa shape index (κ3) is 4.97. The van der Waals surface area contributed by atoms with Crippen LogP contribution in [0.3, 0.4) is 0 Å². The molecule has 0 saturated carbocycles. The lowest BCUT2D eigenvalue weighted by Crippen LogP contribution is -2.41. The first-order chi connectivity index (χ1) is 11.8. The summed E-state index contributed by atoms with van der Waals surface area (Å²) in [5, 5.41) is 8.11. The number of nitrogens with zero attached hydrogens (tertiary/aromatic N) is 3. The first kappa shape index (κ1) is 18.7. The molecule has 0 bridgehead atoms. The van der Waals surface area contributed by atoms with Gasteiger partial charge in [-0.25, -0.2) is 8.42 Å². The van der Waals surface area contributed by atoms with Crippen molar-refractivity contribution < 1.29 is 17.6 Å². The molecule has 2 saturated heterocycles. The zero-order chi connectivity index (χ0) is 18.0. The van der Waals surface area contributed by atoms with Gasteiger partial charge in [-0.2, -0.15) is 0 Å². The summed E-state index contributed by atoms with van der Waals surface area (Å²) in [6, 6.07) is 0. The van der Waals surface area contributed by atoms with Crippen molar-refractivity contribution in [3.05, 3.63) is 5.89 Å². The minimum atomic E-state index is -2.90. The summed E-state index contributed by atoms with van der Waals surface area (Å²) in [5.74, 6) is 1.74. The molecule has 0 N–H and O–H groups in total. The number of thioether (sulfide) groups is 1. The standard InChI is InChI=1S/C16H25N3O4S2/c1-11-3-6-19(7-4-11)15(20)12(2)24-16-18-17-14(23-16)9-13-5-8-25(21,22)10-13/h11-13H,3-10H2,1-2H3. The molecule has 2 unspecified atom stereocenters. The minimum absolute atomic E-state index is 0.0534. The molecule has 1 aromatic rings. The lowest BCUT2D eigenvalue weighted by atomic mass is 9.99. The lowest BCUT2D eigenvalue weighted by Gasteiger charge is -2.31. The molecule has 7 nitrogen and oxygen atoms in total. The van der Waals surface area contributed by atoms with E-state index in [2.05, 4.69) is 17.1 Å². The Labute approximate surface area is 152 Å². The summed E-state index contributed by atoms with van der Waals surface area (Å²) in [5.41, 5.74) is 0. The number of hydrogen-bond acceptors (Lipinski definition) is 7. The molecule has 0 aliphatic carbocycles. The van der Waals surface area contributed by atoms with Gasteiger partial charge in [-0.1, -0.05) is 18.7 Å². The van der Waals surface area contributed by atoms with Gasteiger partial charge in [0, 0.05) is 19.5 Å².